The second-order valence-corrected chi connectivity index (χ2v) is 7.36. The molecule has 3 heterocycles. The Hall–Kier alpha value is -3.35. The molecule has 1 atom stereocenters. The summed E-state index contributed by atoms with van der Waals surface area (Å²) in [5.41, 5.74) is 1.49. The molecule has 1 N–H and O–H groups in total. The number of rotatable bonds is 7. The molecule has 0 spiro atoms. The molecule has 0 saturated carbocycles. The Morgan fingerprint density at radius 1 is 1.21 bits per heavy atom. The summed E-state index contributed by atoms with van der Waals surface area (Å²) in [6.07, 6.45) is 5.06. The molecule has 150 valence electrons. The van der Waals surface area contributed by atoms with E-state index in [-0.39, 0.29) is 17.5 Å². The number of hydrogen-bond acceptors (Lipinski definition) is 4. The highest BCUT2D eigenvalue weighted by Crippen LogP contribution is 2.26. The number of carbonyl (C=O) groups excluding carboxylic acids is 1. The number of benzene rings is 1. The predicted octanol–water partition coefficient (Wildman–Crippen LogP) is 3.01. The molecular formula is C22H24N4O3. The third-order valence-corrected chi connectivity index (χ3v) is 5.15. The predicted molar refractivity (Wildman–Crippen MR) is 112 cm³/mol. The van der Waals surface area contributed by atoms with Crippen LogP contribution in [-0.2, 0) is 24.8 Å². The van der Waals surface area contributed by atoms with Gasteiger partial charge in [-0.1, -0.05) is 18.2 Å². The fourth-order valence-electron chi connectivity index (χ4n) is 3.80. The van der Waals surface area contributed by atoms with Crippen LogP contribution < -0.4 is 10.9 Å². The molecule has 0 aliphatic rings. The standard InChI is InChI=1S/C22H24N4O3/c1-15(13-16-7-6-12-29-16)24-20(27)10-5-11-26-19-9-4-3-8-17(19)18-14-23-25(2)22(28)21(18)26/h3-4,6-9,12,14-15H,5,10-11,13H2,1-2H3,(H,24,27)/t15-/m1/s1. The first-order valence-corrected chi connectivity index (χ1v) is 9.79. The van der Waals surface area contributed by atoms with Gasteiger partial charge in [0.25, 0.3) is 5.56 Å². The molecule has 0 saturated heterocycles. The fraction of sp³-hybridized carbons (Fsp3) is 0.318. The summed E-state index contributed by atoms with van der Waals surface area (Å²) in [5, 5.41) is 9.02. The van der Waals surface area contributed by atoms with Gasteiger partial charge in [-0.2, -0.15) is 5.10 Å². The average Bonchev–Trinajstić information content (AvgIpc) is 3.31. The Balaban J connectivity index is 1.47. The molecule has 29 heavy (non-hydrogen) atoms. The number of furan rings is 1. The number of nitrogens with one attached hydrogen (secondary N) is 1. The molecule has 3 aromatic heterocycles. The molecule has 1 aromatic carbocycles. The van der Waals surface area contributed by atoms with Gasteiger partial charge < -0.3 is 14.3 Å². The van der Waals surface area contributed by atoms with Gasteiger partial charge in [0.15, 0.2) is 0 Å². The molecule has 0 radical (unpaired) electrons. The van der Waals surface area contributed by atoms with Gasteiger partial charge in [0.2, 0.25) is 5.91 Å². The van der Waals surface area contributed by atoms with Gasteiger partial charge in [-0.3, -0.25) is 9.59 Å². The molecule has 0 aliphatic carbocycles. The van der Waals surface area contributed by atoms with E-state index in [1.54, 1.807) is 19.5 Å². The van der Waals surface area contributed by atoms with Gasteiger partial charge in [-0.15, -0.1) is 0 Å². The van der Waals surface area contributed by atoms with Crippen LogP contribution in [0.1, 0.15) is 25.5 Å². The minimum atomic E-state index is -0.129. The average molecular weight is 392 g/mol. The van der Waals surface area contributed by atoms with Crippen molar-refractivity contribution < 1.29 is 9.21 Å². The number of fused-ring (bicyclic) bond motifs is 3. The lowest BCUT2D eigenvalue weighted by atomic mass is 10.2. The van der Waals surface area contributed by atoms with Gasteiger partial charge in [-0.25, -0.2) is 4.68 Å². The fourth-order valence-corrected chi connectivity index (χ4v) is 3.80. The van der Waals surface area contributed by atoms with E-state index in [2.05, 4.69) is 10.4 Å². The zero-order valence-corrected chi connectivity index (χ0v) is 16.6. The lowest BCUT2D eigenvalue weighted by Crippen LogP contribution is -2.34. The minimum Gasteiger partial charge on any atom is -0.469 e. The van der Waals surface area contributed by atoms with Gasteiger partial charge in [0.05, 0.1) is 12.5 Å². The molecule has 7 nitrogen and oxygen atoms in total. The van der Waals surface area contributed by atoms with Crippen LogP contribution in [-0.4, -0.2) is 26.3 Å². The quantitative estimate of drug-likeness (QED) is 0.524. The van der Waals surface area contributed by atoms with Crippen LogP contribution in [0.5, 0.6) is 0 Å². The summed E-state index contributed by atoms with van der Waals surface area (Å²) in [5.74, 6) is 0.854. The first kappa shape index (κ1) is 19.0. The molecule has 4 aromatic rings. The van der Waals surface area contributed by atoms with Crippen LogP contribution >= 0.6 is 0 Å². The summed E-state index contributed by atoms with van der Waals surface area (Å²) in [6, 6.07) is 11.7. The summed E-state index contributed by atoms with van der Waals surface area (Å²) in [6.45, 7) is 2.55. The number of hydrogen-bond donors (Lipinski definition) is 1. The molecule has 0 unspecified atom stereocenters. The molecule has 0 aliphatic heterocycles. The topological polar surface area (TPSA) is 82.1 Å². The smallest absolute Gasteiger partial charge is 0.291 e. The van der Waals surface area contributed by atoms with Crippen LogP contribution in [0.2, 0.25) is 0 Å². The Morgan fingerprint density at radius 2 is 2.03 bits per heavy atom. The number of nitrogens with zero attached hydrogens (tertiary/aromatic N) is 3. The number of aryl methyl sites for hydroxylation is 2. The van der Waals surface area contributed by atoms with Crippen LogP contribution in [0, 0.1) is 0 Å². The SMILES string of the molecule is C[C@H](Cc1ccco1)NC(=O)CCCn1c2ccccc2c2cnn(C)c(=O)c21. The Labute approximate surface area is 167 Å². The van der Waals surface area contributed by atoms with Crippen molar-refractivity contribution in [3.63, 3.8) is 0 Å². The normalized spacial score (nSPS) is 12.5. The van der Waals surface area contributed by atoms with Crippen molar-refractivity contribution in [3.8, 4) is 0 Å². The molecule has 7 heteroatoms. The van der Waals surface area contributed by atoms with Gasteiger partial charge in [-0.05, 0) is 31.5 Å². The number of amides is 1. The molecule has 1 amide bonds. The lowest BCUT2D eigenvalue weighted by Gasteiger charge is -2.13. The minimum absolute atomic E-state index is 0.000238. The van der Waals surface area contributed by atoms with E-state index in [1.807, 2.05) is 47.9 Å². The van der Waals surface area contributed by atoms with Crippen molar-refractivity contribution in [2.75, 3.05) is 0 Å². The second-order valence-electron chi connectivity index (χ2n) is 7.36. The van der Waals surface area contributed by atoms with E-state index in [0.717, 1.165) is 22.0 Å². The molecule has 4 rings (SSSR count). The maximum absolute atomic E-state index is 12.7. The van der Waals surface area contributed by atoms with Crippen LogP contribution in [0.4, 0.5) is 0 Å². The zero-order chi connectivity index (χ0) is 20.4. The number of para-hydroxylation sites is 1. The third-order valence-electron chi connectivity index (χ3n) is 5.15. The largest absolute Gasteiger partial charge is 0.469 e. The number of carbonyl (C=O) groups is 1. The first-order valence-electron chi connectivity index (χ1n) is 9.79. The van der Waals surface area contributed by atoms with Crippen LogP contribution in [0.25, 0.3) is 21.8 Å². The van der Waals surface area contributed by atoms with Gasteiger partial charge >= 0.3 is 0 Å². The maximum atomic E-state index is 12.7. The van der Waals surface area contributed by atoms with E-state index < -0.39 is 0 Å². The third kappa shape index (κ3) is 3.81. The molecular weight excluding hydrogens is 368 g/mol. The second kappa shape index (κ2) is 7.95. The van der Waals surface area contributed by atoms with Gasteiger partial charge in [0, 0.05) is 48.8 Å². The highest BCUT2D eigenvalue weighted by atomic mass is 16.3. The van der Waals surface area contributed by atoms with Crippen molar-refractivity contribution >= 4 is 27.7 Å². The summed E-state index contributed by atoms with van der Waals surface area (Å²) >= 11 is 0. The highest BCUT2D eigenvalue weighted by molar-refractivity contribution is 6.07. The Morgan fingerprint density at radius 3 is 2.83 bits per heavy atom. The summed E-state index contributed by atoms with van der Waals surface area (Å²) in [7, 11) is 1.65. The van der Waals surface area contributed by atoms with E-state index in [0.29, 0.717) is 31.3 Å². The van der Waals surface area contributed by atoms with Crippen LogP contribution in [0.15, 0.2) is 58.1 Å². The van der Waals surface area contributed by atoms with Gasteiger partial charge in [0.1, 0.15) is 11.3 Å². The van der Waals surface area contributed by atoms with Crippen molar-refractivity contribution in [1.82, 2.24) is 19.7 Å². The van der Waals surface area contributed by atoms with E-state index in [9.17, 15) is 9.59 Å². The lowest BCUT2D eigenvalue weighted by molar-refractivity contribution is -0.121. The van der Waals surface area contributed by atoms with Crippen molar-refractivity contribution in [2.24, 2.45) is 7.05 Å². The van der Waals surface area contributed by atoms with Crippen molar-refractivity contribution in [2.45, 2.75) is 38.8 Å². The molecule has 0 bridgehead atoms. The van der Waals surface area contributed by atoms with Crippen molar-refractivity contribution in [1.29, 1.82) is 0 Å². The van der Waals surface area contributed by atoms with E-state index >= 15 is 0 Å². The van der Waals surface area contributed by atoms with E-state index in [1.165, 1.54) is 4.68 Å². The Bertz CT molecular complexity index is 1200. The highest BCUT2D eigenvalue weighted by Gasteiger charge is 2.15. The molecule has 0 fully saturated rings. The van der Waals surface area contributed by atoms with E-state index in [4.69, 9.17) is 4.42 Å². The van der Waals surface area contributed by atoms with Crippen LogP contribution in [0.3, 0.4) is 0 Å². The Kier molecular flexibility index (Phi) is 5.20. The number of aromatic nitrogens is 3. The first-order chi connectivity index (χ1) is 14.0. The monoisotopic (exact) mass is 392 g/mol. The zero-order valence-electron chi connectivity index (χ0n) is 16.6. The summed E-state index contributed by atoms with van der Waals surface area (Å²) in [4.78, 5) is 25.0. The van der Waals surface area contributed by atoms with Crippen molar-refractivity contribution in [3.05, 3.63) is 65.0 Å². The summed E-state index contributed by atoms with van der Waals surface area (Å²) < 4.78 is 8.68. The maximum Gasteiger partial charge on any atom is 0.291 e.